The number of nitrogens with one attached hydrogen (secondary N) is 1. The SMILES string of the molecule is CCN(C(C)c1ccccc1)S(=O)(=O)c1ccc2c(c1)CNCC2. The van der Waals surface area contributed by atoms with E-state index in [1.165, 1.54) is 5.56 Å². The molecule has 1 unspecified atom stereocenters. The van der Waals surface area contributed by atoms with Gasteiger partial charge in [-0.2, -0.15) is 4.31 Å². The lowest BCUT2D eigenvalue weighted by atomic mass is 10.0. The van der Waals surface area contributed by atoms with E-state index in [4.69, 9.17) is 0 Å². The van der Waals surface area contributed by atoms with Crippen molar-refractivity contribution in [2.24, 2.45) is 0 Å². The van der Waals surface area contributed by atoms with Crippen LogP contribution in [-0.4, -0.2) is 25.8 Å². The molecule has 0 saturated heterocycles. The number of hydrogen-bond acceptors (Lipinski definition) is 3. The molecule has 0 fully saturated rings. The molecule has 1 heterocycles. The summed E-state index contributed by atoms with van der Waals surface area (Å²) in [4.78, 5) is 0.384. The standard InChI is InChI=1S/C19H24N2O2S/c1-3-21(15(2)16-7-5-4-6-8-16)24(22,23)19-10-9-17-11-12-20-14-18(17)13-19/h4-10,13,15,20H,3,11-12,14H2,1-2H3. The number of hydrogen-bond donors (Lipinski definition) is 1. The molecule has 24 heavy (non-hydrogen) atoms. The van der Waals surface area contributed by atoms with Crippen LogP contribution in [0.3, 0.4) is 0 Å². The van der Waals surface area contributed by atoms with Crippen molar-refractivity contribution in [2.45, 2.75) is 37.8 Å². The molecular weight excluding hydrogens is 320 g/mol. The van der Waals surface area contributed by atoms with E-state index in [1.807, 2.05) is 56.3 Å². The van der Waals surface area contributed by atoms with E-state index < -0.39 is 10.0 Å². The number of fused-ring (bicyclic) bond motifs is 1. The highest BCUT2D eigenvalue weighted by atomic mass is 32.2. The van der Waals surface area contributed by atoms with Crippen LogP contribution in [0.5, 0.6) is 0 Å². The topological polar surface area (TPSA) is 49.4 Å². The molecule has 1 aliphatic rings. The van der Waals surface area contributed by atoms with Crippen molar-refractivity contribution in [2.75, 3.05) is 13.1 Å². The van der Waals surface area contributed by atoms with Crippen molar-refractivity contribution < 1.29 is 8.42 Å². The van der Waals surface area contributed by atoms with Gasteiger partial charge in [-0.3, -0.25) is 0 Å². The molecule has 0 spiro atoms. The molecule has 0 aliphatic carbocycles. The first-order valence-corrected chi connectivity index (χ1v) is 9.87. The lowest BCUT2D eigenvalue weighted by Crippen LogP contribution is -2.34. The van der Waals surface area contributed by atoms with Crippen LogP contribution in [0.4, 0.5) is 0 Å². The van der Waals surface area contributed by atoms with E-state index >= 15 is 0 Å². The molecule has 5 heteroatoms. The van der Waals surface area contributed by atoms with Crippen LogP contribution >= 0.6 is 0 Å². The van der Waals surface area contributed by atoms with Crippen LogP contribution in [-0.2, 0) is 23.0 Å². The maximum atomic E-state index is 13.2. The van der Waals surface area contributed by atoms with Crippen molar-refractivity contribution in [3.8, 4) is 0 Å². The normalized spacial score (nSPS) is 16.0. The fourth-order valence-electron chi connectivity index (χ4n) is 3.30. The highest BCUT2D eigenvalue weighted by Gasteiger charge is 2.29. The first-order chi connectivity index (χ1) is 11.5. The molecule has 0 aromatic heterocycles. The van der Waals surface area contributed by atoms with E-state index in [0.29, 0.717) is 11.4 Å². The molecule has 0 radical (unpaired) electrons. The molecule has 0 saturated carbocycles. The predicted octanol–water partition coefficient (Wildman–Crippen LogP) is 3.10. The minimum absolute atomic E-state index is 0.199. The van der Waals surface area contributed by atoms with Crippen LogP contribution in [0.2, 0.25) is 0 Å². The van der Waals surface area contributed by atoms with E-state index in [9.17, 15) is 8.42 Å². The van der Waals surface area contributed by atoms with Gasteiger partial charge in [0.2, 0.25) is 10.0 Å². The van der Waals surface area contributed by atoms with Crippen molar-refractivity contribution in [1.82, 2.24) is 9.62 Å². The van der Waals surface area contributed by atoms with Crippen LogP contribution < -0.4 is 5.32 Å². The first-order valence-electron chi connectivity index (χ1n) is 8.43. The second-order valence-electron chi connectivity index (χ2n) is 6.15. The van der Waals surface area contributed by atoms with Gasteiger partial charge in [0.05, 0.1) is 4.90 Å². The fourth-order valence-corrected chi connectivity index (χ4v) is 4.98. The van der Waals surface area contributed by atoms with E-state index in [1.54, 1.807) is 10.4 Å². The minimum atomic E-state index is -3.53. The molecule has 0 bridgehead atoms. The Morgan fingerprint density at radius 3 is 2.58 bits per heavy atom. The van der Waals surface area contributed by atoms with Gasteiger partial charge in [0.15, 0.2) is 0 Å². The second-order valence-corrected chi connectivity index (χ2v) is 8.04. The van der Waals surface area contributed by atoms with Gasteiger partial charge >= 0.3 is 0 Å². The Hall–Kier alpha value is -1.69. The van der Waals surface area contributed by atoms with Crippen LogP contribution in [0.15, 0.2) is 53.4 Å². The van der Waals surface area contributed by atoms with Gasteiger partial charge < -0.3 is 5.32 Å². The lowest BCUT2D eigenvalue weighted by Gasteiger charge is -2.28. The summed E-state index contributed by atoms with van der Waals surface area (Å²) in [6, 6.07) is 15.1. The van der Waals surface area contributed by atoms with Crippen LogP contribution in [0.1, 0.15) is 36.6 Å². The third kappa shape index (κ3) is 3.24. The molecule has 2 aromatic rings. The number of benzene rings is 2. The molecule has 1 atom stereocenters. The molecule has 4 nitrogen and oxygen atoms in total. The Balaban J connectivity index is 1.96. The summed E-state index contributed by atoms with van der Waals surface area (Å²) in [6.45, 7) is 5.95. The molecular formula is C19H24N2O2S. The summed E-state index contributed by atoms with van der Waals surface area (Å²) in [7, 11) is -3.53. The predicted molar refractivity (Wildman–Crippen MR) is 96.3 cm³/mol. The average molecular weight is 344 g/mol. The summed E-state index contributed by atoms with van der Waals surface area (Å²) < 4.78 is 27.9. The van der Waals surface area contributed by atoms with Crippen molar-refractivity contribution in [3.05, 3.63) is 65.2 Å². The third-order valence-electron chi connectivity index (χ3n) is 4.70. The van der Waals surface area contributed by atoms with Gasteiger partial charge in [0, 0.05) is 19.1 Å². The molecule has 0 amide bonds. The van der Waals surface area contributed by atoms with Gasteiger partial charge in [-0.05, 0) is 48.7 Å². The zero-order chi connectivity index (χ0) is 17.2. The Morgan fingerprint density at radius 1 is 1.12 bits per heavy atom. The summed E-state index contributed by atoms with van der Waals surface area (Å²) >= 11 is 0. The van der Waals surface area contributed by atoms with Crippen molar-refractivity contribution in [1.29, 1.82) is 0 Å². The number of nitrogens with zero attached hydrogens (tertiary/aromatic N) is 1. The Morgan fingerprint density at radius 2 is 1.88 bits per heavy atom. The van der Waals surface area contributed by atoms with Crippen molar-refractivity contribution in [3.63, 3.8) is 0 Å². The molecule has 2 aromatic carbocycles. The maximum absolute atomic E-state index is 13.2. The molecule has 3 rings (SSSR count). The monoisotopic (exact) mass is 344 g/mol. The van der Waals surface area contributed by atoms with Gasteiger partial charge in [-0.15, -0.1) is 0 Å². The highest BCUT2D eigenvalue weighted by Crippen LogP contribution is 2.28. The number of sulfonamides is 1. The van der Waals surface area contributed by atoms with E-state index in [0.717, 1.165) is 30.6 Å². The quantitative estimate of drug-likeness (QED) is 0.907. The second kappa shape index (κ2) is 7.05. The summed E-state index contributed by atoms with van der Waals surface area (Å²) in [5.74, 6) is 0. The summed E-state index contributed by atoms with van der Waals surface area (Å²) in [5.41, 5.74) is 3.33. The maximum Gasteiger partial charge on any atom is 0.243 e. The minimum Gasteiger partial charge on any atom is -0.312 e. The Bertz CT molecular complexity index is 803. The fraction of sp³-hybridized carbons (Fsp3) is 0.368. The molecule has 128 valence electrons. The van der Waals surface area contributed by atoms with Crippen LogP contribution in [0, 0.1) is 0 Å². The average Bonchev–Trinajstić information content (AvgIpc) is 2.62. The van der Waals surface area contributed by atoms with Crippen molar-refractivity contribution >= 4 is 10.0 Å². The van der Waals surface area contributed by atoms with Crippen LogP contribution in [0.25, 0.3) is 0 Å². The van der Waals surface area contributed by atoms with Gasteiger partial charge in [-0.1, -0.05) is 43.3 Å². The number of rotatable bonds is 5. The first kappa shape index (κ1) is 17.1. The summed E-state index contributed by atoms with van der Waals surface area (Å²) in [5, 5.41) is 3.30. The third-order valence-corrected chi connectivity index (χ3v) is 6.74. The zero-order valence-electron chi connectivity index (χ0n) is 14.2. The smallest absolute Gasteiger partial charge is 0.243 e. The van der Waals surface area contributed by atoms with Gasteiger partial charge in [0.1, 0.15) is 0 Å². The lowest BCUT2D eigenvalue weighted by molar-refractivity contribution is 0.357. The van der Waals surface area contributed by atoms with Gasteiger partial charge in [0.25, 0.3) is 0 Å². The van der Waals surface area contributed by atoms with Gasteiger partial charge in [-0.25, -0.2) is 8.42 Å². The Labute approximate surface area is 144 Å². The molecule has 1 aliphatic heterocycles. The highest BCUT2D eigenvalue weighted by molar-refractivity contribution is 7.89. The molecule has 1 N–H and O–H groups in total. The summed E-state index contributed by atoms with van der Waals surface area (Å²) in [6.07, 6.45) is 0.952. The van der Waals surface area contributed by atoms with E-state index in [-0.39, 0.29) is 6.04 Å². The largest absolute Gasteiger partial charge is 0.312 e. The Kier molecular flexibility index (Phi) is 5.04. The van der Waals surface area contributed by atoms with E-state index in [2.05, 4.69) is 5.32 Å². The zero-order valence-corrected chi connectivity index (χ0v) is 15.0.